The van der Waals surface area contributed by atoms with Gasteiger partial charge in [-0.05, 0) is 42.2 Å². The summed E-state index contributed by atoms with van der Waals surface area (Å²) in [5.41, 5.74) is 0.747. The van der Waals surface area contributed by atoms with Gasteiger partial charge in [-0.25, -0.2) is 8.42 Å². The highest BCUT2D eigenvalue weighted by Gasteiger charge is 2.43. The number of sulfone groups is 1. The van der Waals surface area contributed by atoms with Crippen LogP contribution in [0.15, 0.2) is 65.7 Å². The molecule has 4 rings (SSSR count). The van der Waals surface area contributed by atoms with E-state index in [1.807, 2.05) is 26.0 Å². The van der Waals surface area contributed by atoms with Gasteiger partial charge in [0.2, 0.25) is 0 Å². The fraction of sp³-hybridized carbons (Fsp3) is 0.333. The third-order valence-electron chi connectivity index (χ3n) is 5.53. The monoisotopic (exact) mass is 438 g/mol. The summed E-state index contributed by atoms with van der Waals surface area (Å²) in [5.74, 6) is 0.0381. The van der Waals surface area contributed by atoms with Gasteiger partial charge in [0, 0.05) is 17.1 Å². The first kappa shape index (κ1) is 21.5. The first-order chi connectivity index (χ1) is 14.7. The van der Waals surface area contributed by atoms with Crippen LogP contribution in [0.3, 0.4) is 0 Å². The smallest absolute Gasteiger partial charge is 0.254 e. The van der Waals surface area contributed by atoms with Crippen molar-refractivity contribution in [1.82, 2.24) is 9.88 Å². The minimum atomic E-state index is -3.60. The molecule has 0 aliphatic carbocycles. The Morgan fingerprint density at radius 1 is 1.10 bits per heavy atom. The number of aromatic nitrogens is 1. The SMILES string of the molecule is CC(C)CC1(O)CN(C(=O)c2ccc(CS(=O)(=O)c3cccc4cccnc34)cc2)C1. The van der Waals surface area contributed by atoms with Gasteiger partial charge in [-0.2, -0.15) is 0 Å². The summed E-state index contributed by atoms with van der Waals surface area (Å²) in [7, 11) is -3.60. The molecule has 2 heterocycles. The predicted octanol–water partition coefficient (Wildman–Crippen LogP) is 3.44. The second kappa shape index (κ2) is 8.05. The number of amides is 1. The highest BCUT2D eigenvalue weighted by atomic mass is 32.2. The number of carbonyl (C=O) groups is 1. The highest BCUT2D eigenvalue weighted by molar-refractivity contribution is 7.90. The molecule has 162 valence electrons. The van der Waals surface area contributed by atoms with E-state index in [1.165, 1.54) is 0 Å². The highest BCUT2D eigenvalue weighted by Crippen LogP contribution is 2.29. The van der Waals surface area contributed by atoms with Gasteiger partial charge in [-0.3, -0.25) is 9.78 Å². The number of nitrogens with zero attached hydrogens (tertiary/aromatic N) is 2. The van der Waals surface area contributed by atoms with Crippen LogP contribution in [0.25, 0.3) is 10.9 Å². The lowest BCUT2D eigenvalue weighted by Crippen LogP contribution is -2.63. The van der Waals surface area contributed by atoms with Crippen LogP contribution in [0.2, 0.25) is 0 Å². The van der Waals surface area contributed by atoms with Gasteiger partial charge in [0.1, 0.15) is 0 Å². The fourth-order valence-corrected chi connectivity index (χ4v) is 5.79. The van der Waals surface area contributed by atoms with Crippen molar-refractivity contribution in [3.05, 3.63) is 71.9 Å². The third kappa shape index (κ3) is 4.48. The van der Waals surface area contributed by atoms with Crippen LogP contribution in [-0.2, 0) is 15.6 Å². The molecule has 0 atom stereocenters. The predicted molar refractivity (Wildman–Crippen MR) is 119 cm³/mol. The summed E-state index contributed by atoms with van der Waals surface area (Å²) < 4.78 is 26.0. The molecule has 31 heavy (non-hydrogen) atoms. The Labute approximate surface area is 182 Å². The molecule has 1 aromatic heterocycles. The lowest BCUT2D eigenvalue weighted by Gasteiger charge is -2.47. The van der Waals surface area contributed by atoms with E-state index in [1.54, 1.807) is 53.6 Å². The molecule has 0 bridgehead atoms. The van der Waals surface area contributed by atoms with Crippen LogP contribution in [0.1, 0.15) is 36.2 Å². The molecule has 1 amide bonds. The Morgan fingerprint density at radius 2 is 1.77 bits per heavy atom. The lowest BCUT2D eigenvalue weighted by molar-refractivity contribution is -0.0923. The van der Waals surface area contributed by atoms with E-state index in [0.29, 0.717) is 42.1 Å². The lowest BCUT2D eigenvalue weighted by atomic mass is 9.85. The van der Waals surface area contributed by atoms with Gasteiger partial charge in [0.05, 0.1) is 34.9 Å². The Hall–Kier alpha value is -2.77. The van der Waals surface area contributed by atoms with Crippen LogP contribution in [-0.4, -0.2) is 48.0 Å². The van der Waals surface area contributed by atoms with Crippen LogP contribution in [0, 0.1) is 5.92 Å². The molecule has 0 radical (unpaired) electrons. The maximum absolute atomic E-state index is 13.0. The van der Waals surface area contributed by atoms with Gasteiger partial charge < -0.3 is 10.0 Å². The average molecular weight is 439 g/mol. The average Bonchev–Trinajstić information content (AvgIpc) is 2.70. The largest absolute Gasteiger partial charge is 0.386 e. The number of hydrogen-bond acceptors (Lipinski definition) is 5. The zero-order valence-corrected chi connectivity index (χ0v) is 18.5. The van der Waals surface area contributed by atoms with E-state index in [0.717, 1.165) is 5.39 Å². The van der Waals surface area contributed by atoms with E-state index in [4.69, 9.17) is 0 Å². The summed E-state index contributed by atoms with van der Waals surface area (Å²) in [6, 6.07) is 15.4. The standard InChI is InChI=1S/C24H26N2O4S/c1-17(2)13-24(28)15-26(16-24)23(27)20-10-8-18(9-11-20)14-31(29,30)21-7-3-5-19-6-4-12-25-22(19)21/h3-12,17,28H,13-16H2,1-2H3. The molecule has 0 saturated carbocycles. The Kier molecular flexibility index (Phi) is 5.58. The van der Waals surface area contributed by atoms with Crippen LogP contribution in [0.4, 0.5) is 0 Å². The van der Waals surface area contributed by atoms with Crippen molar-refractivity contribution >= 4 is 26.6 Å². The van der Waals surface area contributed by atoms with Crippen molar-refractivity contribution < 1.29 is 18.3 Å². The number of fused-ring (bicyclic) bond motifs is 1. The molecule has 7 heteroatoms. The molecule has 0 unspecified atom stereocenters. The Balaban J connectivity index is 1.47. The van der Waals surface area contributed by atoms with Crippen molar-refractivity contribution in [2.24, 2.45) is 5.92 Å². The molecular weight excluding hydrogens is 412 g/mol. The van der Waals surface area contributed by atoms with Gasteiger partial charge >= 0.3 is 0 Å². The maximum atomic E-state index is 13.0. The van der Waals surface area contributed by atoms with Gasteiger partial charge in [0.15, 0.2) is 9.84 Å². The number of benzene rings is 2. The number of β-amino-alcohol motifs (C(OH)–C–C–N with tert-alkyl or cyclic N) is 1. The molecule has 1 saturated heterocycles. The van der Waals surface area contributed by atoms with E-state index < -0.39 is 15.4 Å². The topological polar surface area (TPSA) is 87.6 Å². The van der Waals surface area contributed by atoms with E-state index in [-0.39, 0.29) is 16.6 Å². The van der Waals surface area contributed by atoms with Crippen molar-refractivity contribution in [2.45, 2.75) is 36.5 Å². The van der Waals surface area contributed by atoms with Crippen molar-refractivity contribution in [3.8, 4) is 0 Å². The Bertz CT molecular complexity index is 1210. The van der Waals surface area contributed by atoms with Gasteiger partial charge in [-0.1, -0.05) is 44.2 Å². The third-order valence-corrected chi connectivity index (χ3v) is 7.25. The minimum absolute atomic E-state index is 0.152. The molecule has 1 aliphatic rings. The Morgan fingerprint density at radius 3 is 2.45 bits per heavy atom. The van der Waals surface area contributed by atoms with Crippen molar-refractivity contribution in [2.75, 3.05) is 13.1 Å². The summed E-state index contributed by atoms with van der Waals surface area (Å²) in [4.78, 5) is 18.7. The number of likely N-dealkylation sites (tertiary alicyclic amines) is 1. The minimum Gasteiger partial charge on any atom is -0.386 e. The first-order valence-corrected chi connectivity index (χ1v) is 12.0. The first-order valence-electron chi connectivity index (χ1n) is 10.3. The van der Waals surface area contributed by atoms with Crippen LogP contribution < -0.4 is 0 Å². The molecule has 3 aromatic rings. The number of pyridine rings is 1. The quantitative estimate of drug-likeness (QED) is 0.637. The van der Waals surface area contributed by atoms with Gasteiger partial charge in [-0.15, -0.1) is 0 Å². The molecule has 1 N–H and O–H groups in total. The zero-order chi connectivity index (χ0) is 22.2. The summed E-state index contributed by atoms with van der Waals surface area (Å²) in [5, 5.41) is 11.2. The molecule has 1 aliphatic heterocycles. The second-order valence-corrected chi connectivity index (χ2v) is 10.7. The maximum Gasteiger partial charge on any atom is 0.254 e. The van der Waals surface area contributed by atoms with E-state index >= 15 is 0 Å². The normalized spacial score (nSPS) is 15.8. The van der Waals surface area contributed by atoms with Crippen LogP contribution >= 0.6 is 0 Å². The summed E-state index contributed by atoms with van der Waals surface area (Å²) >= 11 is 0. The number of para-hydroxylation sites is 1. The number of aliphatic hydroxyl groups is 1. The second-order valence-electron chi connectivity index (χ2n) is 8.77. The van der Waals surface area contributed by atoms with Crippen LogP contribution in [0.5, 0.6) is 0 Å². The summed E-state index contributed by atoms with van der Waals surface area (Å²) in [6.07, 6.45) is 2.25. The molecule has 1 fully saturated rings. The fourth-order valence-electron chi connectivity index (χ4n) is 4.25. The zero-order valence-electron chi connectivity index (χ0n) is 17.7. The number of hydrogen-bond donors (Lipinski definition) is 1. The molecular formula is C24H26N2O4S. The van der Waals surface area contributed by atoms with Gasteiger partial charge in [0.25, 0.3) is 5.91 Å². The van der Waals surface area contributed by atoms with E-state index in [9.17, 15) is 18.3 Å². The molecule has 0 spiro atoms. The molecule has 6 nitrogen and oxygen atoms in total. The number of carbonyl (C=O) groups excluding carboxylic acids is 1. The summed E-state index contributed by atoms with van der Waals surface area (Å²) in [6.45, 7) is 4.75. The van der Waals surface area contributed by atoms with Crippen molar-refractivity contribution in [3.63, 3.8) is 0 Å². The van der Waals surface area contributed by atoms with Crippen molar-refractivity contribution in [1.29, 1.82) is 0 Å². The molecule has 2 aromatic carbocycles. The number of rotatable bonds is 6. The van der Waals surface area contributed by atoms with E-state index in [2.05, 4.69) is 4.98 Å².